The number of ether oxygens (including phenoxy) is 2. The predicted octanol–water partition coefficient (Wildman–Crippen LogP) is 5.93. The maximum atomic E-state index is 6.62. The number of benzene rings is 1. The average molecular weight is 356 g/mol. The van der Waals surface area contributed by atoms with Crippen molar-refractivity contribution in [2.75, 3.05) is 7.11 Å². The molecule has 2 heteroatoms. The normalized spacial score (nSPS) is 36.2. The van der Waals surface area contributed by atoms with Gasteiger partial charge in [-0.05, 0) is 112 Å². The number of hydrogen-bond acceptors (Lipinski definition) is 2. The van der Waals surface area contributed by atoms with Crippen molar-refractivity contribution in [3.63, 3.8) is 0 Å². The molecule has 2 saturated carbocycles. The Labute approximate surface area is 159 Å². The van der Waals surface area contributed by atoms with E-state index in [1.54, 1.807) is 12.7 Å². The van der Waals surface area contributed by atoms with Gasteiger partial charge in [-0.25, -0.2) is 0 Å². The summed E-state index contributed by atoms with van der Waals surface area (Å²) in [5, 5.41) is 0. The van der Waals surface area contributed by atoms with Gasteiger partial charge in [0.2, 0.25) is 0 Å². The zero-order valence-electron chi connectivity index (χ0n) is 17.2. The monoisotopic (exact) mass is 355 g/mol. The van der Waals surface area contributed by atoms with Crippen molar-refractivity contribution in [3.8, 4) is 5.75 Å². The third-order valence-electron chi connectivity index (χ3n) is 7.64. The molecule has 0 spiro atoms. The highest BCUT2D eigenvalue weighted by molar-refractivity contribution is 5.40. The molecule has 1 aromatic carbocycles. The van der Waals surface area contributed by atoms with E-state index in [9.17, 15) is 0 Å². The van der Waals surface area contributed by atoms with E-state index in [2.05, 4.69) is 45.9 Å². The summed E-state index contributed by atoms with van der Waals surface area (Å²) in [6.07, 6.45) is 9.47. The molecule has 1 radical (unpaired) electrons. The second-order valence-electron chi connectivity index (χ2n) is 9.82. The van der Waals surface area contributed by atoms with Gasteiger partial charge in [-0.2, -0.15) is 0 Å². The van der Waals surface area contributed by atoms with Crippen molar-refractivity contribution >= 4 is 0 Å². The second kappa shape index (κ2) is 6.55. The summed E-state index contributed by atoms with van der Waals surface area (Å²) in [6.45, 7) is 9.06. The van der Waals surface area contributed by atoms with Crippen LogP contribution in [-0.2, 0) is 11.2 Å². The van der Waals surface area contributed by atoms with E-state index in [-0.39, 0.29) is 5.60 Å². The van der Waals surface area contributed by atoms with Gasteiger partial charge in [0, 0.05) is 6.07 Å². The van der Waals surface area contributed by atoms with Crippen LogP contribution in [0.1, 0.15) is 83.3 Å². The third-order valence-corrected chi connectivity index (χ3v) is 7.64. The first kappa shape index (κ1) is 18.3. The van der Waals surface area contributed by atoms with Crippen LogP contribution in [0.4, 0.5) is 0 Å². The van der Waals surface area contributed by atoms with E-state index in [1.165, 1.54) is 50.5 Å². The minimum Gasteiger partial charge on any atom is -0.496 e. The highest BCUT2D eigenvalue weighted by Gasteiger charge is 2.57. The van der Waals surface area contributed by atoms with Crippen molar-refractivity contribution in [2.24, 2.45) is 17.3 Å². The maximum Gasteiger partial charge on any atom is 0.127 e. The van der Waals surface area contributed by atoms with Gasteiger partial charge in [-0.15, -0.1) is 0 Å². The Kier molecular flexibility index (Phi) is 4.62. The van der Waals surface area contributed by atoms with Gasteiger partial charge in [0.05, 0.1) is 18.8 Å². The molecular formula is C24H35O2. The summed E-state index contributed by atoms with van der Waals surface area (Å²) in [6, 6.07) is 7.76. The Hall–Kier alpha value is -1.02. The zero-order valence-corrected chi connectivity index (χ0v) is 17.2. The van der Waals surface area contributed by atoms with Crippen LogP contribution < -0.4 is 4.74 Å². The molecule has 0 aromatic heterocycles. The molecule has 5 atom stereocenters. The average Bonchev–Trinajstić information content (AvgIpc) is 2.98. The van der Waals surface area contributed by atoms with Crippen molar-refractivity contribution < 1.29 is 9.47 Å². The first-order valence-corrected chi connectivity index (χ1v) is 10.6. The smallest absolute Gasteiger partial charge is 0.127 e. The van der Waals surface area contributed by atoms with Crippen molar-refractivity contribution in [2.45, 2.75) is 90.3 Å². The summed E-state index contributed by atoms with van der Waals surface area (Å²) in [5.74, 6) is 3.25. The number of rotatable bonds is 3. The molecule has 0 aliphatic heterocycles. The van der Waals surface area contributed by atoms with Crippen LogP contribution in [0, 0.1) is 23.3 Å². The Morgan fingerprint density at radius 2 is 2.00 bits per heavy atom. The first-order valence-electron chi connectivity index (χ1n) is 10.6. The van der Waals surface area contributed by atoms with Crippen molar-refractivity contribution in [1.29, 1.82) is 0 Å². The zero-order chi connectivity index (χ0) is 18.5. The molecule has 0 heterocycles. The minimum absolute atomic E-state index is 0.0407. The fourth-order valence-electron chi connectivity index (χ4n) is 6.63. The van der Waals surface area contributed by atoms with Gasteiger partial charge < -0.3 is 9.47 Å². The molecule has 0 bridgehead atoms. The van der Waals surface area contributed by atoms with E-state index in [4.69, 9.17) is 9.47 Å². The van der Waals surface area contributed by atoms with E-state index >= 15 is 0 Å². The van der Waals surface area contributed by atoms with E-state index < -0.39 is 0 Å². The Balaban J connectivity index is 1.64. The molecule has 1 aromatic rings. The van der Waals surface area contributed by atoms with Crippen LogP contribution in [0.25, 0.3) is 0 Å². The Morgan fingerprint density at radius 1 is 1.19 bits per heavy atom. The van der Waals surface area contributed by atoms with Crippen LogP contribution in [0.5, 0.6) is 5.75 Å². The second-order valence-corrected chi connectivity index (χ2v) is 9.82. The Bertz CT molecular complexity index is 659. The van der Waals surface area contributed by atoms with Crippen LogP contribution in [0.2, 0.25) is 0 Å². The van der Waals surface area contributed by atoms with Gasteiger partial charge in [0.15, 0.2) is 0 Å². The summed E-state index contributed by atoms with van der Waals surface area (Å²) < 4.78 is 12.1. The molecular weight excluding hydrogens is 320 g/mol. The Morgan fingerprint density at radius 3 is 2.69 bits per heavy atom. The largest absolute Gasteiger partial charge is 0.496 e. The SMILES string of the molecule is CC[C@]12CC[C@@H]3c4cc(OC)[c]cc4CC[C@H]3[C@@H]1CC[C@@H]2OC(C)(C)C. The molecule has 0 amide bonds. The first-order chi connectivity index (χ1) is 12.4. The van der Waals surface area contributed by atoms with Gasteiger partial charge in [-0.1, -0.05) is 6.92 Å². The van der Waals surface area contributed by atoms with Crippen LogP contribution in [-0.4, -0.2) is 18.8 Å². The molecule has 4 rings (SSSR count). The number of fused-ring (bicyclic) bond motifs is 5. The van der Waals surface area contributed by atoms with Gasteiger partial charge >= 0.3 is 0 Å². The molecule has 143 valence electrons. The minimum atomic E-state index is -0.0407. The highest BCUT2D eigenvalue weighted by atomic mass is 16.5. The highest BCUT2D eigenvalue weighted by Crippen LogP contribution is 2.63. The topological polar surface area (TPSA) is 18.5 Å². The van der Waals surface area contributed by atoms with Crippen LogP contribution in [0.3, 0.4) is 0 Å². The molecule has 0 saturated heterocycles. The summed E-state index contributed by atoms with van der Waals surface area (Å²) >= 11 is 0. The molecule has 2 nitrogen and oxygen atoms in total. The number of methoxy groups -OCH3 is 1. The molecule has 26 heavy (non-hydrogen) atoms. The van der Waals surface area contributed by atoms with Gasteiger partial charge in [0.1, 0.15) is 5.75 Å². The fraction of sp³-hybridized carbons (Fsp3) is 0.750. The van der Waals surface area contributed by atoms with E-state index in [1.807, 2.05) is 0 Å². The quantitative estimate of drug-likeness (QED) is 0.669. The molecule has 0 N–H and O–H groups in total. The van der Waals surface area contributed by atoms with E-state index in [0.29, 0.717) is 17.4 Å². The molecule has 3 aliphatic carbocycles. The fourth-order valence-corrected chi connectivity index (χ4v) is 6.63. The van der Waals surface area contributed by atoms with E-state index in [0.717, 1.165) is 17.6 Å². The predicted molar refractivity (Wildman–Crippen MR) is 106 cm³/mol. The maximum absolute atomic E-state index is 6.62. The van der Waals surface area contributed by atoms with Gasteiger partial charge in [0.25, 0.3) is 0 Å². The molecule has 0 unspecified atom stereocenters. The van der Waals surface area contributed by atoms with Crippen LogP contribution >= 0.6 is 0 Å². The van der Waals surface area contributed by atoms with Crippen molar-refractivity contribution in [1.82, 2.24) is 0 Å². The van der Waals surface area contributed by atoms with Crippen LogP contribution in [0.15, 0.2) is 12.1 Å². The van der Waals surface area contributed by atoms with Gasteiger partial charge in [-0.3, -0.25) is 0 Å². The summed E-state index contributed by atoms with van der Waals surface area (Å²) in [5.41, 5.74) is 3.43. The van der Waals surface area contributed by atoms with Crippen molar-refractivity contribution in [3.05, 3.63) is 29.3 Å². The summed E-state index contributed by atoms with van der Waals surface area (Å²) in [7, 11) is 1.76. The number of hydrogen-bond donors (Lipinski definition) is 0. The lowest BCUT2D eigenvalue weighted by Gasteiger charge is -2.52. The summed E-state index contributed by atoms with van der Waals surface area (Å²) in [4.78, 5) is 0. The lowest BCUT2D eigenvalue weighted by atomic mass is 9.54. The third kappa shape index (κ3) is 2.89. The standard InChI is InChI=1S/C24H35O2/c1-6-24-14-13-18-19(21(24)11-12-22(24)26-23(2,3)4)10-8-16-7-9-17(25-5)15-20(16)18/h7,15,18-19,21-22H,6,8,10-14H2,1-5H3/t18-,19+,21-,22-,24-/m0/s1. The molecule has 2 fully saturated rings. The lowest BCUT2D eigenvalue weighted by molar-refractivity contribution is -0.133. The molecule has 3 aliphatic rings. The number of aryl methyl sites for hydroxylation is 1. The lowest BCUT2D eigenvalue weighted by Crippen LogP contribution is -2.47.